The van der Waals surface area contributed by atoms with E-state index in [1.165, 1.54) is 40.1 Å². The number of halogens is 1. The summed E-state index contributed by atoms with van der Waals surface area (Å²) in [4.78, 5) is 12.5. The Balaban J connectivity index is 1.34. The quantitative estimate of drug-likeness (QED) is 0.507. The summed E-state index contributed by atoms with van der Waals surface area (Å²) >= 11 is 0. The van der Waals surface area contributed by atoms with Crippen LogP contribution in [0.15, 0.2) is 73.2 Å². The van der Waals surface area contributed by atoms with E-state index >= 15 is 0 Å². The highest BCUT2D eigenvalue weighted by Gasteiger charge is 2.11. The number of aryl methyl sites for hydroxylation is 1. The van der Waals surface area contributed by atoms with Gasteiger partial charge in [0.2, 0.25) is 0 Å². The van der Waals surface area contributed by atoms with Gasteiger partial charge in [0.15, 0.2) is 12.4 Å². The van der Waals surface area contributed by atoms with Gasteiger partial charge in [-0.1, -0.05) is 24.3 Å². The lowest BCUT2D eigenvalue weighted by molar-refractivity contribution is 0.102. The third-order valence-electron chi connectivity index (χ3n) is 4.54. The Bertz CT molecular complexity index is 1150. The number of amides is 1. The number of anilines is 1. The van der Waals surface area contributed by atoms with Gasteiger partial charge < -0.3 is 10.1 Å². The highest BCUT2D eigenvalue weighted by atomic mass is 19.1. The van der Waals surface area contributed by atoms with Gasteiger partial charge in [0, 0.05) is 12.4 Å². The standard InChI is InChI=1S/C22H20FN5O2/c1-16-4-2-3-5-17(16)13-28-14-19(12-24-28)25-22(29)21-10-11-27(26-21)15-30-20-8-6-18(23)7-9-20/h2-12,14H,13,15H2,1H3,(H,25,29). The molecule has 0 aliphatic carbocycles. The van der Waals surface area contributed by atoms with Crippen LogP contribution in [0.25, 0.3) is 0 Å². The molecule has 1 N–H and O–H groups in total. The van der Waals surface area contributed by atoms with E-state index < -0.39 is 0 Å². The highest BCUT2D eigenvalue weighted by Crippen LogP contribution is 2.13. The Hall–Kier alpha value is -3.94. The van der Waals surface area contributed by atoms with Crippen molar-refractivity contribution in [3.63, 3.8) is 0 Å². The third kappa shape index (κ3) is 4.72. The SMILES string of the molecule is Cc1ccccc1Cn1cc(NC(=O)c2ccn(COc3ccc(F)cc3)n2)cn1. The third-order valence-corrected chi connectivity index (χ3v) is 4.54. The molecule has 1 amide bonds. The second-order valence-electron chi connectivity index (χ2n) is 6.78. The molecular weight excluding hydrogens is 385 g/mol. The molecule has 30 heavy (non-hydrogen) atoms. The van der Waals surface area contributed by atoms with Crippen LogP contribution in [0.2, 0.25) is 0 Å². The van der Waals surface area contributed by atoms with Crippen molar-refractivity contribution in [3.05, 3.63) is 95.8 Å². The first-order valence-corrected chi connectivity index (χ1v) is 9.37. The minimum Gasteiger partial charge on any atom is -0.471 e. The number of carbonyl (C=O) groups excluding carboxylic acids is 1. The zero-order valence-electron chi connectivity index (χ0n) is 16.3. The Morgan fingerprint density at radius 1 is 1.10 bits per heavy atom. The van der Waals surface area contributed by atoms with Crippen molar-refractivity contribution in [1.82, 2.24) is 19.6 Å². The number of nitrogens with one attached hydrogen (secondary N) is 1. The lowest BCUT2D eigenvalue weighted by Gasteiger charge is -2.06. The number of aromatic nitrogens is 4. The maximum absolute atomic E-state index is 12.9. The molecule has 0 bridgehead atoms. The number of hydrogen-bond donors (Lipinski definition) is 1. The van der Waals surface area contributed by atoms with E-state index in [1.54, 1.807) is 29.3 Å². The maximum atomic E-state index is 12.9. The molecule has 2 aromatic heterocycles. The number of nitrogens with zero attached hydrogens (tertiary/aromatic N) is 4. The van der Waals surface area contributed by atoms with Gasteiger partial charge in [-0.05, 0) is 48.4 Å². The zero-order valence-corrected chi connectivity index (χ0v) is 16.3. The first-order valence-electron chi connectivity index (χ1n) is 9.37. The van der Waals surface area contributed by atoms with E-state index in [4.69, 9.17) is 4.74 Å². The normalized spacial score (nSPS) is 10.7. The van der Waals surface area contributed by atoms with Gasteiger partial charge in [-0.2, -0.15) is 10.2 Å². The molecule has 0 atom stereocenters. The first kappa shape index (κ1) is 19.4. The van der Waals surface area contributed by atoms with Crippen LogP contribution < -0.4 is 10.1 Å². The number of benzene rings is 2. The van der Waals surface area contributed by atoms with Crippen molar-refractivity contribution in [2.75, 3.05) is 5.32 Å². The van der Waals surface area contributed by atoms with Crippen LogP contribution in [-0.4, -0.2) is 25.5 Å². The number of rotatable bonds is 7. The van der Waals surface area contributed by atoms with Crippen molar-refractivity contribution in [1.29, 1.82) is 0 Å². The van der Waals surface area contributed by atoms with E-state index in [2.05, 4.69) is 34.6 Å². The van der Waals surface area contributed by atoms with Gasteiger partial charge in [0.1, 0.15) is 11.6 Å². The van der Waals surface area contributed by atoms with Crippen molar-refractivity contribution < 1.29 is 13.9 Å². The molecule has 2 heterocycles. The molecule has 0 fully saturated rings. The minimum atomic E-state index is -0.342. The average molecular weight is 405 g/mol. The van der Waals surface area contributed by atoms with Crippen LogP contribution in [0.3, 0.4) is 0 Å². The Kier molecular flexibility index (Phi) is 5.56. The monoisotopic (exact) mass is 405 g/mol. The van der Waals surface area contributed by atoms with Gasteiger partial charge >= 0.3 is 0 Å². The second-order valence-corrected chi connectivity index (χ2v) is 6.78. The largest absolute Gasteiger partial charge is 0.471 e. The minimum absolute atomic E-state index is 0.104. The molecule has 0 radical (unpaired) electrons. The molecule has 0 saturated carbocycles. The smallest absolute Gasteiger partial charge is 0.276 e. The first-order chi connectivity index (χ1) is 14.6. The summed E-state index contributed by atoms with van der Waals surface area (Å²) in [5, 5.41) is 11.3. The highest BCUT2D eigenvalue weighted by molar-refractivity contribution is 6.02. The predicted molar refractivity (Wildman–Crippen MR) is 110 cm³/mol. The maximum Gasteiger partial charge on any atom is 0.276 e. The molecule has 0 unspecified atom stereocenters. The van der Waals surface area contributed by atoms with Crippen LogP contribution in [0.1, 0.15) is 21.6 Å². The summed E-state index contributed by atoms with van der Waals surface area (Å²) in [5.74, 6) is -0.160. The van der Waals surface area contributed by atoms with Crippen molar-refractivity contribution in [2.24, 2.45) is 0 Å². The predicted octanol–water partition coefficient (Wildman–Crippen LogP) is 3.86. The van der Waals surface area contributed by atoms with Gasteiger partial charge in [0.05, 0.1) is 18.4 Å². The van der Waals surface area contributed by atoms with Crippen LogP contribution in [0, 0.1) is 12.7 Å². The molecule has 2 aromatic carbocycles. The summed E-state index contributed by atoms with van der Waals surface area (Å²) in [6.45, 7) is 2.78. The van der Waals surface area contributed by atoms with E-state index in [1.807, 2.05) is 12.1 Å². The molecule has 4 rings (SSSR count). The average Bonchev–Trinajstić information content (AvgIpc) is 3.39. The summed E-state index contributed by atoms with van der Waals surface area (Å²) in [5.41, 5.74) is 3.19. The zero-order chi connectivity index (χ0) is 20.9. The summed E-state index contributed by atoms with van der Waals surface area (Å²) in [6, 6.07) is 15.4. The van der Waals surface area contributed by atoms with E-state index in [9.17, 15) is 9.18 Å². The lowest BCUT2D eigenvalue weighted by Crippen LogP contribution is -2.14. The van der Waals surface area contributed by atoms with Crippen LogP contribution in [0.4, 0.5) is 10.1 Å². The van der Waals surface area contributed by atoms with E-state index in [-0.39, 0.29) is 24.1 Å². The Morgan fingerprint density at radius 3 is 2.70 bits per heavy atom. The van der Waals surface area contributed by atoms with Crippen molar-refractivity contribution >= 4 is 11.6 Å². The number of ether oxygens (including phenoxy) is 1. The second kappa shape index (κ2) is 8.60. The molecule has 8 heteroatoms. The van der Waals surface area contributed by atoms with E-state index in [0.717, 1.165) is 0 Å². The van der Waals surface area contributed by atoms with Crippen molar-refractivity contribution in [3.8, 4) is 5.75 Å². The molecule has 152 valence electrons. The lowest BCUT2D eigenvalue weighted by atomic mass is 10.1. The number of carbonyl (C=O) groups is 1. The Labute approximate surface area is 172 Å². The van der Waals surface area contributed by atoms with Crippen LogP contribution in [0.5, 0.6) is 5.75 Å². The molecular formula is C22H20FN5O2. The molecule has 0 aliphatic heterocycles. The topological polar surface area (TPSA) is 74.0 Å². The molecule has 7 nitrogen and oxygen atoms in total. The van der Waals surface area contributed by atoms with Gasteiger partial charge in [-0.3, -0.25) is 9.48 Å². The Morgan fingerprint density at radius 2 is 1.90 bits per heavy atom. The van der Waals surface area contributed by atoms with Crippen molar-refractivity contribution in [2.45, 2.75) is 20.2 Å². The van der Waals surface area contributed by atoms with E-state index in [0.29, 0.717) is 18.0 Å². The fourth-order valence-electron chi connectivity index (χ4n) is 2.90. The fourth-order valence-corrected chi connectivity index (χ4v) is 2.90. The van der Waals surface area contributed by atoms with Gasteiger partial charge in [0.25, 0.3) is 5.91 Å². The van der Waals surface area contributed by atoms with Gasteiger partial charge in [-0.25, -0.2) is 9.07 Å². The summed E-state index contributed by atoms with van der Waals surface area (Å²) in [6.07, 6.45) is 5.02. The summed E-state index contributed by atoms with van der Waals surface area (Å²) < 4.78 is 21.7. The molecule has 4 aromatic rings. The van der Waals surface area contributed by atoms with Crippen LogP contribution >= 0.6 is 0 Å². The summed E-state index contributed by atoms with van der Waals surface area (Å²) in [7, 11) is 0. The molecule has 0 spiro atoms. The fraction of sp³-hybridized carbons (Fsp3) is 0.136. The number of hydrogen-bond acceptors (Lipinski definition) is 4. The molecule has 0 saturated heterocycles. The van der Waals surface area contributed by atoms with Gasteiger partial charge in [-0.15, -0.1) is 0 Å². The molecule has 0 aliphatic rings. The van der Waals surface area contributed by atoms with Crippen LogP contribution in [-0.2, 0) is 13.3 Å².